The Morgan fingerprint density at radius 1 is 1.40 bits per heavy atom. The van der Waals surface area contributed by atoms with Crippen LogP contribution < -0.4 is 0 Å². The van der Waals surface area contributed by atoms with Crippen LogP contribution in [0.1, 0.15) is 30.7 Å². The Balaban J connectivity index is 2.57. The van der Waals surface area contributed by atoms with Gasteiger partial charge in [0.25, 0.3) is 0 Å². The lowest BCUT2D eigenvalue weighted by Crippen LogP contribution is -2.26. The monoisotopic (exact) mass is 288 g/mol. The number of benzene rings is 1. The number of aromatic nitrogens is 1. The molecular formula is C16H20N2OS. The van der Waals surface area contributed by atoms with Gasteiger partial charge in [-0.25, -0.2) is 4.85 Å². The quantitative estimate of drug-likeness (QED) is 0.824. The Morgan fingerprint density at radius 2 is 2.10 bits per heavy atom. The maximum Gasteiger partial charge on any atom is 0.190 e. The number of thioether (sulfide) groups is 1. The molecule has 1 atom stereocenters. The van der Waals surface area contributed by atoms with Gasteiger partial charge >= 0.3 is 0 Å². The van der Waals surface area contributed by atoms with Crippen LogP contribution in [0.25, 0.3) is 15.7 Å². The van der Waals surface area contributed by atoms with E-state index in [1.54, 1.807) is 11.8 Å². The van der Waals surface area contributed by atoms with Crippen molar-refractivity contribution in [2.24, 2.45) is 0 Å². The van der Waals surface area contributed by atoms with Crippen molar-refractivity contribution in [3.05, 3.63) is 40.4 Å². The molecule has 1 heterocycles. The molecule has 2 aromatic rings. The summed E-state index contributed by atoms with van der Waals surface area (Å²) in [5, 5.41) is 11.7. The molecule has 20 heavy (non-hydrogen) atoms. The van der Waals surface area contributed by atoms with E-state index in [2.05, 4.69) is 16.8 Å². The van der Waals surface area contributed by atoms with Crippen LogP contribution in [-0.4, -0.2) is 21.6 Å². The maximum atomic E-state index is 10.7. The van der Waals surface area contributed by atoms with Gasteiger partial charge in [-0.2, -0.15) is 11.8 Å². The minimum atomic E-state index is -0.879. The Labute approximate surface area is 124 Å². The van der Waals surface area contributed by atoms with Crippen LogP contribution >= 0.6 is 11.8 Å². The van der Waals surface area contributed by atoms with Crippen LogP contribution in [0.2, 0.25) is 0 Å². The summed E-state index contributed by atoms with van der Waals surface area (Å²) in [6.45, 7) is 15.1. The molecule has 0 amide bonds. The van der Waals surface area contributed by atoms with Crippen molar-refractivity contribution in [2.75, 3.05) is 11.5 Å². The number of hydrogen-bond donors (Lipinski definition) is 2. The van der Waals surface area contributed by atoms with Gasteiger partial charge in [-0.1, -0.05) is 6.92 Å². The fraction of sp³-hybridized carbons (Fsp3) is 0.438. The maximum absolute atomic E-state index is 10.7. The van der Waals surface area contributed by atoms with E-state index in [0.717, 1.165) is 33.5 Å². The van der Waals surface area contributed by atoms with Crippen molar-refractivity contribution in [1.82, 2.24) is 4.98 Å². The van der Waals surface area contributed by atoms with Crippen LogP contribution in [0.4, 0.5) is 5.69 Å². The Hall–Kier alpha value is -1.44. The molecule has 0 fully saturated rings. The lowest BCUT2D eigenvalue weighted by molar-refractivity contribution is 0.0793. The summed E-state index contributed by atoms with van der Waals surface area (Å²) in [4.78, 5) is 6.89. The number of nitrogens with zero attached hydrogens (tertiary/aromatic N) is 1. The first-order valence-electron chi connectivity index (χ1n) is 6.71. The van der Waals surface area contributed by atoms with Gasteiger partial charge in [0.2, 0.25) is 0 Å². The van der Waals surface area contributed by atoms with Crippen LogP contribution in [0.3, 0.4) is 0 Å². The van der Waals surface area contributed by atoms with Gasteiger partial charge in [0.05, 0.1) is 12.3 Å². The van der Waals surface area contributed by atoms with Crippen molar-refractivity contribution < 1.29 is 5.11 Å². The fourth-order valence-electron chi connectivity index (χ4n) is 2.51. The van der Waals surface area contributed by atoms with Gasteiger partial charge in [0.1, 0.15) is 5.60 Å². The number of fused-ring (bicyclic) bond motifs is 1. The molecule has 0 saturated carbocycles. The minimum absolute atomic E-state index is 0.659. The molecule has 0 aliphatic rings. The summed E-state index contributed by atoms with van der Waals surface area (Å²) in [5.41, 5.74) is 3.64. The molecule has 0 aliphatic carbocycles. The summed E-state index contributed by atoms with van der Waals surface area (Å²) in [7, 11) is 0. The number of aromatic amines is 1. The van der Waals surface area contributed by atoms with Gasteiger partial charge in [0, 0.05) is 11.3 Å². The van der Waals surface area contributed by atoms with E-state index in [9.17, 15) is 5.11 Å². The van der Waals surface area contributed by atoms with E-state index in [0.29, 0.717) is 11.4 Å². The smallest absolute Gasteiger partial charge is 0.190 e. The lowest BCUT2D eigenvalue weighted by atomic mass is 10.00. The lowest BCUT2D eigenvalue weighted by Gasteiger charge is -2.22. The van der Waals surface area contributed by atoms with Crippen LogP contribution in [0, 0.1) is 20.4 Å². The number of H-pyrrole nitrogens is 1. The summed E-state index contributed by atoms with van der Waals surface area (Å²) in [6.07, 6.45) is 0. The average Bonchev–Trinajstić information content (AvgIpc) is 2.73. The van der Waals surface area contributed by atoms with E-state index in [1.165, 1.54) is 0 Å². The molecule has 4 heteroatoms. The second kappa shape index (κ2) is 5.51. The molecule has 106 valence electrons. The normalized spacial score (nSPS) is 14.2. The first-order chi connectivity index (χ1) is 9.40. The Kier molecular flexibility index (Phi) is 4.12. The van der Waals surface area contributed by atoms with Crippen molar-refractivity contribution in [3.63, 3.8) is 0 Å². The zero-order valence-electron chi connectivity index (χ0n) is 12.4. The molecule has 3 nitrogen and oxygen atoms in total. The van der Waals surface area contributed by atoms with Gasteiger partial charge in [-0.15, -0.1) is 0 Å². The predicted molar refractivity (Wildman–Crippen MR) is 86.6 cm³/mol. The highest BCUT2D eigenvalue weighted by molar-refractivity contribution is 7.99. The molecule has 0 radical (unpaired) electrons. The predicted octanol–water partition coefficient (Wildman–Crippen LogP) is 4.30. The molecule has 2 N–H and O–H groups in total. The molecule has 1 unspecified atom stereocenters. The molecule has 0 saturated heterocycles. The van der Waals surface area contributed by atoms with E-state index in [-0.39, 0.29) is 0 Å². The summed E-state index contributed by atoms with van der Waals surface area (Å²) in [5.74, 6) is 1.64. The minimum Gasteiger partial charge on any atom is -0.383 e. The molecule has 1 aromatic heterocycles. The van der Waals surface area contributed by atoms with E-state index in [1.807, 2.05) is 32.9 Å². The van der Waals surface area contributed by atoms with E-state index < -0.39 is 5.60 Å². The second-order valence-electron chi connectivity index (χ2n) is 5.33. The molecule has 1 aromatic carbocycles. The van der Waals surface area contributed by atoms with Crippen LogP contribution in [-0.2, 0) is 5.60 Å². The van der Waals surface area contributed by atoms with Crippen molar-refractivity contribution in [1.29, 1.82) is 0 Å². The third-order valence-electron chi connectivity index (χ3n) is 3.62. The highest BCUT2D eigenvalue weighted by atomic mass is 32.2. The first-order valence-corrected chi connectivity index (χ1v) is 7.87. The molecule has 2 rings (SSSR count). The topological polar surface area (TPSA) is 40.4 Å². The standard InChI is InChI=1S/C16H20N2OS/c1-6-20-9-16(4,19)15-11(3)12-8-13(17-5)10(2)7-14(12)18-15/h7-8,18-19H,6,9H2,1-4H3. The number of aliphatic hydroxyl groups is 1. The third-order valence-corrected chi connectivity index (χ3v) is 4.80. The van der Waals surface area contributed by atoms with Crippen molar-refractivity contribution >= 4 is 28.4 Å². The summed E-state index contributed by atoms with van der Waals surface area (Å²) in [6, 6.07) is 3.90. The van der Waals surface area contributed by atoms with Crippen molar-refractivity contribution in [3.8, 4) is 0 Å². The van der Waals surface area contributed by atoms with Gasteiger partial charge < -0.3 is 10.1 Å². The first kappa shape index (κ1) is 15.0. The second-order valence-corrected chi connectivity index (χ2v) is 6.61. The highest BCUT2D eigenvalue weighted by Gasteiger charge is 2.27. The summed E-state index contributed by atoms with van der Waals surface area (Å²) >= 11 is 1.72. The molecular weight excluding hydrogens is 268 g/mol. The average molecular weight is 288 g/mol. The number of rotatable bonds is 4. The van der Waals surface area contributed by atoms with Crippen LogP contribution in [0.15, 0.2) is 12.1 Å². The number of nitrogens with one attached hydrogen (secondary N) is 1. The Morgan fingerprint density at radius 3 is 2.70 bits per heavy atom. The Bertz CT molecular complexity index is 680. The van der Waals surface area contributed by atoms with Gasteiger partial charge in [-0.3, -0.25) is 0 Å². The van der Waals surface area contributed by atoms with E-state index in [4.69, 9.17) is 6.57 Å². The highest BCUT2D eigenvalue weighted by Crippen LogP contribution is 2.34. The number of aryl methyl sites for hydroxylation is 2. The van der Waals surface area contributed by atoms with E-state index >= 15 is 0 Å². The fourth-order valence-corrected chi connectivity index (χ4v) is 3.25. The SMILES string of the molecule is [C-]#[N+]c1cc2c(C)c(C(C)(O)CSCC)[nH]c2cc1C. The zero-order chi connectivity index (χ0) is 14.9. The molecule has 0 spiro atoms. The molecule has 0 aliphatic heterocycles. The third kappa shape index (κ3) is 2.56. The van der Waals surface area contributed by atoms with Gasteiger partial charge in [0.15, 0.2) is 5.69 Å². The van der Waals surface area contributed by atoms with Crippen molar-refractivity contribution in [2.45, 2.75) is 33.3 Å². The largest absolute Gasteiger partial charge is 0.383 e. The summed E-state index contributed by atoms with van der Waals surface area (Å²) < 4.78 is 0. The van der Waals surface area contributed by atoms with Crippen LogP contribution in [0.5, 0.6) is 0 Å². The van der Waals surface area contributed by atoms with Gasteiger partial charge in [-0.05, 0) is 55.2 Å². The molecule has 0 bridgehead atoms. The number of hydrogen-bond acceptors (Lipinski definition) is 2. The zero-order valence-corrected chi connectivity index (χ0v) is 13.2.